The standard InChI is InChI=1S/C17H15F2NO3/c1-2-20(13-6-4-3-5-7-13)16(21)11-23-17(22)14-9-8-12(18)10-15(14)19/h3-10H,2,11H2,1H3. The Morgan fingerprint density at radius 3 is 2.39 bits per heavy atom. The molecule has 23 heavy (non-hydrogen) atoms. The normalized spacial score (nSPS) is 10.2. The molecule has 2 aromatic carbocycles. The third-order valence-corrected chi connectivity index (χ3v) is 3.16. The average Bonchev–Trinajstić information content (AvgIpc) is 2.54. The average molecular weight is 319 g/mol. The number of halogens is 2. The van der Waals surface area contributed by atoms with Gasteiger partial charge in [0.25, 0.3) is 5.91 Å². The SMILES string of the molecule is CCN(C(=O)COC(=O)c1ccc(F)cc1F)c1ccccc1. The Hall–Kier alpha value is -2.76. The minimum atomic E-state index is -1.03. The maximum absolute atomic E-state index is 13.5. The smallest absolute Gasteiger partial charge is 0.341 e. The fourth-order valence-corrected chi connectivity index (χ4v) is 2.05. The van der Waals surface area contributed by atoms with Gasteiger partial charge in [-0.3, -0.25) is 4.79 Å². The molecule has 0 unspecified atom stereocenters. The molecule has 2 aromatic rings. The van der Waals surface area contributed by atoms with E-state index in [0.717, 1.165) is 12.1 Å². The van der Waals surface area contributed by atoms with Crippen LogP contribution in [-0.4, -0.2) is 25.0 Å². The Bertz CT molecular complexity index is 704. The van der Waals surface area contributed by atoms with Gasteiger partial charge in [-0.05, 0) is 31.2 Å². The maximum atomic E-state index is 13.5. The van der Waals surface area contributed by atoms with Crippen LogP contribution in [0.5, 0.6) is 0 Å². The lowest BCUT2D eigenvalue weighted by Gasteiger charge is -2.20. The van der Waals surface area contributed by atoms with Crippen LogP contribution in [-0.2, 0) is 9.53 Å². The summed E-state index contributed by atoms with van der Waals surface area (Å²) in [6.07, 6.45) is 0. The molecule has 0 N–H and O–H groups in total. The van der Waals surface area contributed by atoms with Crippen molar-refractivity contribution >= 4 is 17.6 Å². The summed E-state index contributed by atoms with van der Waals surface area (Å²) in [4.78, 5) is 25.4. The van der Waals surface area contributed by atoms with Crippen molar-refractivity contribution in [2.75, 3.05) is 18.1 Å². The fraction of sp³-hybridized carbons (Fsp3) is 0.176. The number of carbonyl (C=O) groups is 2. The van der Waals surface area contributed by atoms with Crippen LogP contribution in [0.4, 0.5) is 14.5 Å². The molecule has 0 spiro atoms. The van der Waals surface area contributed by atoms with E-state index in [2.05, 4.69) is 0 Å². The number of para-hydroxylation sites is 1. The Morgan fingerprint density at radius 2 is 1.78 bits per heavy atom. The van der Waals surface area contributed by atoms with Crippen molar-refractivity contribution in [1.82, 2.24) is 0 Å². The van der Waals surface area contributed by atoms with E-state index in [1.54, 1.807) is 31.2 Å². The van der Waals surface area contributed by atoms with Gasteiger partial charge in [0.1, 0.15) is 11.6 Å². The zero-order chi connectivity index (χ0) is 16.8. The van der Waals surface area contributed by atoms with Gasteiger partial charge in [0.2, 0.25) is 0 Å². The molecule has 4 nitrogen and oxygen atoms in total. The van der Waals surface area contributed by atoms with Crippen LogP contribution in [0.1, 0.15) is 17.3 Å². The molecule has 0 saturated carbocycles. The number of amides is 1. The number of hydrogen-bond acceptors (Lipinski definition) is 3. The first-order valence-corrected chi connectivity index (χ1v) is 7.00. The molecule has 120 valence electrons. The van der Waals surface area contributed by atoms with E-state index in [9.17, 15) is 18.4 Å². The van der Waals surface area contributed by atoms with E-state index >= 15 is 0 Å². The van der Waals surface area contributed by atoms with E-state index in [1.807, 2.05) is 6.07 Å². The molecule has 2 rings (SSSR count). The minimum Gasteiger partial charge on any atom is -0.452 e. The molecule has 0 aliphatic rings. The van der Waals surface area contributed by atoms with Gasteiger partial charge in [-0.1, -0.05) is 18.2 Å². The highest BCUT2D eigenvalue weighted by molar-refractivity contribution is 5.97. The molecule has 0 saturated heterocycles. The van der Waals surface area contributed by atoms with E-state index in [1.165, 1.54) is 4.90 Å². The molecule has 1 amide bonds. The molecule has 6 heteroatoms. The van der Waals surface area contributed by atoms with E-state index in [-0.39, 0.29) is 0 Å². The number of esters is 1. The van der Waals surface area contributed by atoms with Crippen molar-refractivity contribution in [3.8, 4) is 0 Å². The largest absolute Gasteiger partial charge is 0.452 e. The maximum Gasteiger partial charge on any atom is 0.341 e. The first-order chi connectivity index (χ1) is 11.0. The van der Waals surface area contributed by atoms with Crippen LogP contribution in [0.2, 0.25) is 0 Å². The van der Waals surface area contributed by atoms with Gasteiger partial charge >= 0.3 is 5.97 Å². The first kappa shape index (κ1) is 16.6. The molecule has 0 aliphatic heterocycles. The molecule has 0 fully saturated rings. The molecule has 0 heterocycles. The minimum absolute atomic E-state index is 0.394. The van der Waals surface area contributed by atoms with Crippen molar-refractivity contribution in [3.05, 3.63) is 65.7 Å². The number of carbonyl (C=O) groups excluding carboxylic acids is 2. The van der Waals surface area contributed by atoms with E-state index in [4.69, 9.17) is 4.74 Å². The van der Waals surface area contributed by atoms with Crippen LogP contribution in [0.3, 0.4) is 0 Å². The van der Waals surface area contributed by atoms with Crippen molar-refractivity contribution in [2.45, 2.75) is 6.92 Å². The van der Waals surface area contributed by atoms with Gasteiger partial charge < -0.3 is 9.64 Å². The van der Waals surface area contributed by atoms with Crippen LogP contribution >= 0.6 is 0 Å². The van der Waals surface area contributed by atoms with Gasteiger partial charge in [0.05, 0.1) is 5.56 Å². The molecule has 0 aromatic heterocycles. The number of benzene rings is 2. The van der Waals surface area contributed by atoms with Gasteiger partial charge in [-0.25, -0.2) is 13.6 Å². The second-order valence-electron chi connectivity index (χ2n) is 4.67. The second kappa shape index (κ2) is 7.49. The lowest BCUT2D eigenvalue weighted by Crippen LogP contribution is -2.34. The Balaban J connectivity index is 2.01. The highest BCUT2D eigenvalue weighted by Crippen LogP contribution is 2.14. The van der Waals surface area contributed by atoms with Crippen molar-refractivity contribution in [2.24, 2.45) is 0 Å². The van der Waals surface area contributed by atoms with Crippen molar-refractivity contribution in [1.29, 1.82) is 0 Å². The molecule has 0 aliphatic carbocycles. The summed E-state index contributed by atoms with van der Waals surface area (Å²) >= 11 is 0. The van der Waals surface area contributed by atoms with Crippen LogP contribution in [0.15, 0.2) is 48.5 Å². The lowest BCUT2D eigenvalue weighted by atomic mass is 10.2. The Kier molecular flexibility index (Phi) is 5.41. The van der Waals surface area contributed by atoms with E-state index in [0.29, 0.717) is 18.3 Å². The number of likely N-dealkylation sites (N-methyl/N-ethyl adjacent to an activating group) is 1. The fourth-order valence-electron chi connectivity index (χ4n) is 2.05. The second-order valence-corrected chi connectivity index (χ2v) is 4.67. The summed E-state index contributed by atoms with van der Waals surface area (Å²) in [6, 6.07) is 11.4. The third-order valence-electron chi connectivity index (χ3n) is 3.16. The zero-order valence-corrected chi connectivity index (χ0v) is 12.5. The molecular formula is C17H15F2NO3. The zero-order valence-electron chi connectivity index (χ0n) is 12.5. The summed E-state index contributed by atoms with van der Waals surface area (Å²) in [7, 11) is 0. The molecule has 0 atom stereocenters. The number of hydrogen-bond donors (Lipinski definition) is 0. The third kappa shape index (κ3) is 4.12. The van der Waals surface area contributed by atoms with Crippen molar-refractivity contribution < 1.29 is 23.1 Å². The summed E-state index contributed by atoms with van der Waals surface area (Å²) in [5, 5.41) is 0. The number of anilines is 1. The summed E-state index contributed by atoms with van der Waals surface area (Å²) in [5.41, 5.74) is 0.256. The predicted octanol–water partition coefficient (Wildman–Crippen LogP) is 3.17. The van der Waals surface area contributed by atoms with Gasteiger partial charge in [0.15, 0.2) is 6.61 Å². The molecule has 0 bridgehead atoms. The summed E-state index contributed by atoms with van der Waals surface area (Å²) in [6.45, 7) is 1.65. The molecular weight excluding hydrogens is 304 g/mol. The van der Waals surface area contributed by atoms with Crippen molar-refractivity contribution in [3.63, 3.8) is 0 Å². The van der Waals surface area contributed by atoms with Gasteiger partial charge in [-0.15, -0.1) is 0 Å². The summed E-state index contributed by atoms with van der Waals surface area (Å²) in [5.74, 6) is -3.27. The number of rotatable bonds is 5. The number of nitrogens with zero attached hydrogens (tertiary/aromatic N) is 1. The summed E-state index contributed by atoms with van der Waals surface area (Å²) < 4.78 is 31.1. The molecule has 0 radical (unpaired) electrons. The Labute approximate surface area is 132 Å². The van der Waals surface area contributed by atoms with Crippen LogP contribution in [0.25, 0.3) is 0 Å². The van der Waals surface area contributed by atoms with Crippen LogP contribution < -0.4 is 4.90 Å². The van der Waals surface area contributed by atoms with Crippen LogP contribution in [0, 0.1) is 11.6 Å². The Morgan fingerprint density at radius 1 is 1.09 bits per heavy atom. The lowest BCUT2D eigenvalue weighted by molar-refractivity contribution is -0.121. The van der Waals surface area contributed by atoms with Gasteiger partial charge in [-0.2, -0.15) is 0 Å². The highest BCUT2D eigenvalue weighted by Gasteiger charge is 2.18. The predicted molar refractivity (Wildman–Crippen MR) is 81.1 cm³/mol. The van der Waals surface area contributed by atoms with Gasteiger partial charge in [0, 0.05) is 18.3 Å². The highest BCUT2D eigenvalue weighted by atomic mass is 19.1. The number of ether oxygens (including phenoxy) is 1. The topological polar surface area (TPSA) is 46.6 Å². The van der Waals surface area contributed by atoms with E-state index < -0.39 is 35.7 Å². The first-order valence-electron chi connectivity index (χ1n) is 7.00. The quantitative estimate of drug-likeness (QED) is 0.795. The monoisotopic (exact) mass is 319 g/mol.